The number of carbonyl (C=O) groups is 5. The zero-order valence-electron chi connectivity index (χ0n) is 19.4. The predicted octanol–water partition coefficient (Wildman–Crippen LogP) is 0.694. The molecule has 2 fully saturated rings. The molecule has 9 heteroatoms. The van der Waals surface area contributed by atoms with E-state index in [1.54, 1.807) is 18.2 Å². The summed E-state index contributed by atoms with van der Waals surface area (Å²) in [6.07, 6.45) is 1.25. The Labute approximate surface area is 206 Å². The highest BCUT2D eigenvalue weighted by atomic mass is 16.3. The zero-order chi connectivity index (χ0) is 25.9. The van der Waals surface area contributed by atoms with Crippen LogP contribution in [0.2, 0.25) is 0 Å². The van der Waals surface area contributed by atoms with Crippen LogP contribution in [-0.2, 0) is 38.4 Å². The number of aromatic hydroxyl groups is 1. The van der Waals surface area contributed by atoms with Crippen LogP contribution in [0.25, 0.3) is 0 Å². The van der Waals surface area contributed by atoms with Gasteiger partial charge < -0.3 is 21.7 Å². The smallest absolute Gasteiger partial charge is 0.235 e. The summed E-state index contributed by atoms with van der Waals surface area (Å²) in [7, 11) is 0. The van der Waals surface area contributed by atoms with Crippen LogP contribution in [0.3, 0.4) is 0 Å². The molecule has 2 saturated carbocycles. The Morgan fingerprint density at radius 1 is 0.972 bits per heavy atom. The van der Waals surface area contributed by atoms with Crippen molar-refractivity contribution in [2.45, 2.75) is 37.7 Å². The number of anilines is 1. The largest absolute Gasteiger partial charge is 0.507 e. The molecule has 36 heavy (non-hydrogen) atoms. The molecule has 2 aromatic rings. The molecule has 0 radical (unpaired) electrons. The number of ketones is 4. The maximum Gasteiger partial charge on any atom is 0.235 e. The van der Waals surface area contributed by atoms with Crippen LogP contribution in [-0.4, -0.2) is 44.9 Å². The Bertz CT molecular complexity index is 1330. The number of rotatable bonds is 4. The number of benzene rings is 2. The Balaban J connectivity index is 1.50. The minimum atomic E-state index is -2.63. The Kier molecular flexibility index (Phi) is 5.55. The van der Waals surface area contributed by atoms with E-state index < -0.39 is 58.3 Å². The van der Waals surface area contributed by atoms with Gasteiger partial charge in [-0.15, -0.1) is 0 Å². The van der Waals surface area contributed by atoms with Crippen LogP contribution in [0.15, 0.2) is 36.4 Å². The molecule has 2 unspecified atom stereocenters. The SMILES string of the molecule is NC(=O)C1C(=O)C[C@@H]2C[C@@H]3Cc4c(CCc5ccc(N)cc5)ccc(O)c4C(=O)C3C(=O)[C@]2(O)C1=O. The number of Topliss-reactive ketones (excluding diaryl/α,β-unsaturated/α-hetero) is 4. The molecular weight excluding hydrogens is 464 g/mol. The molecule has 3 aliphatic rings. The van der Waals surface area contributed by atoms with Gasteiger partial charge in [-0.1, -0.05) is 18.2 Å². The normalized spacial score (nSPS) is 29.4. The van der Waals surface area contributed by atoms with Crippen molar-refractivity contribution >= 4 is 34.7 Å². The third-order valence-corrected chi connectivity index (χ3v) is 8.05. The van der Waals surface area contributed by atoms with Gasteiger partial charge in [-0.2, -0.15) is 0 Å². The van der Waals surface area contributed by atoms with Crippen molar-refractivity contribution in [3.05, 3.63) is 58.7 Å². The molecule has 9 nitrogen and oxygen atoms in total. The number of nitrogen functional groups attached to an aromatic ring is 1. The fourth-order valence-corrected chi connectivity index (χ4v) is 6.23. The first-order chi connectivity index (χ1) is 17.0. The van der Waals surface area contributed by atoms with Gasteiger partial charge in [0.1, 0.15) is 5.75 Å². The Hall–Kier alpha value is -3.85. The molecule has 1 amide bonds. The first-order valence-corrected chi connectivity index (χ1v) is 11.9. The summed E-state index contributed by atoms with van der Waals surface area (Å²) >= 11 is 0. The van der Waals surface area contributed by atoms with E-state index in [9.17, 15) is 34.2 Å². The van der Waals surface area contributed by atoms with E-state index in [0.717, 1.165) is 11.1 Å². The lowest BCUT2D eigenvalue weighted by atomic mass is 9.53. The fourth-order valence-electron chi connectivity index (χ4n) is 6.23. The monoisotopic (exact) mass is 490 g/mol. The molecule has 5 atom stereocenters. The van der Waals surface area contributed by atoms with Gasteiger partial charge in [0.15, 0.2) is 34.7 Å². The number of hydrogen-bond donors (Lipinski definition) is 4. The van der Waals surface area contributed by atoms with E-state index in [1.165, 1.54) is 6.07 Å². The van der Waals surface area contributed by atoms with Gasteiger partial charge in [-0.25, -0.2) is 0 Å². The molecule has 0 aliphatic heterocycles. The van der Waals surface area contributed by atoms with Crippen LogP contribution in [0.1, 0.15) is 39.9 Å². The number of aryl methyl sites for hydroxylation is 2. The van der Waals surface area contributed by atoms with E-state index in [-0.39, 0.29) is 30.6 Å². The van der Waals surface area contributed by atoms with Crippen LogP contribution in [0, 0.1) is 23.7 Å². The minimum absolute atomic E-state index is 0.0206. The summed E-state index contributed by atoms with van der Waals surface area (Å²) < 4.78 is 0. The molecular formula is C27H26N2O7. The van der Waals surface area contributed by atoms with Gasteiger partial charge in [0.25, 0.3) is 0 Å². The molecule has 0 bridgehead atoms. The van der Waals surface area contributed by atoms with E-state index in [1.807, 2.05) is 12.1 Å². The van der Waals surface area contributed by atoms with Gasteiger partial charge in [-0.3, -0.25) is 24.0 Å². The molecule has 0 aromatic heterocycles. The van der Waals surface area contributed by atoms with Crippen LogP contribution >= 0.6 is 0 Å². The second kappa shape index (κ2) is 8.37. The van der Waals surface area contributed by atoms with Crippen LogP contribution in [0.4, 0.5) is 5.69 Å². The standard InChI is InChI=1S/C27H26N2O7/c28-16-6-2-12(3-7-16)1-4-13-5-8-18(30)21-17(13)10-14-9-15-11-19(31)22(26(29)35)25(34)27(15,36)24(33)20(14)23(21)32/h2-3,5-8,14-15,20,22,30,36H,1,4,9-11,28H2,(H2,29,35)/t14-,15+,20?,22?,27+/m1/s1. The highest BCUT2D eigenvalue weighted by Crippen LogP contribution is 2.50. The molecule has 2 aromatic carbocycles. The second-order valence-electron chi connectivity index (χ2n) is 10.1. The lowest BCUT2D eigenvalue weighted by Crippen LogP contribution is -2.68. The Morgan fingerprint density at radius 2 is 1.67 bits per heavy atom. The molecule has 5 rings (SSSR count). The van der Waals surface area contributed by atoms with Crippen molar-refractivity contribution in [1.82, 2.24) is 0 Å². The highest BCUT2D eigenvalue weighted by Gasteiger charge is 2.66. The van der Waals surface area contributed by atoms with Crippen molar-refractivity contribution in [2.24, 2.45) is 29.4 Å². The zero-order valence-corrected chi connectivity index (χ0v) is 19.4. The molecule has 186 valence electrons. The molecule has 0 spiro atoms. The first kappa shape index (κ1) is 23.9. The summed E-state index contributed by atoms with van der Waals surface area (Å²) in [6.45, 7) is 0. The van der Waals surface area contributed by atoms with Gasteiger partial charge in [-0.05, 0) is 66.5 Å². The number of phenols is 1. The number of amides is 1. The highest BCUT2D eigenvalue weighted by molar-refractivity contribution is 6.31. The summed E-state index contributed by atoms with van der Waals surface area (Å²) in [5.41, 5.74) is 11.5. The fraction of sp³-hybridized carbons (Fsp3) is 0.370. The summed E-state index contributed by atoms with van der Waals surface area (Å²) in [6, 6.07) is 10.6. The quantitative estimate of drug-likeness (QED) is 0.357. The van der Waals surface area contributed by atoms with E-state index in [2.05, 4.69) is 0 Å². The van der Waals surface area contributed by atoms with Crippen molar-refractivity contribution in [3.63, 3.8) is 0 Å². The predicted molar refractivity (Wildman–Crippen MR) is 127 cm³/mol. The van der Waals surface area contributed by atoms with E-state index in [4.69, 9.17) is 11.5 Å². The first-order valence-electron chi connectivity index (χ1n) is 11.9. The van der Waals surface area contributed by atoms with E-state index >= 15 is 0 Å². The van der Waals surface area contributed by atoms with Crippen molar-refractivity contribution in [3.8, 4) is 5.75 Å². The number of hydrogen-bond acceptors (Lipinski definition) is 8. The summed E-state index contributed by atoms with van der Waals surface area (Å²) in [5.74, 6) is -10.0. The van der Waals surface area contributed by atoms with Crippen LogP contribution in [0.5, 0.6) is 5.75 Å². The van der Waals surface area contributed by atoms with Crippen molar-refractivity contribution in [2.75, 3.05) is 5.73 Å². The lowest BCUT2D eigenvalue weighted by molar-refractivity contribution is -0.175. The van der Waals surface area contributed by atoms with Gasteiger partial charge >= 0.3 is 0 Å². The maximum atomic E-state index is 13.6. The number of fused-ring (bicyclic) bond motifs is 3. The van der Waals surface area contributed by atoms with Gasteiger partial charge in [0.05, 0.1) is 11.5 Å². The van der Waals surface area contributed by atoms with E-state index in [0.29, 0.717) is 24.1 Å². The minimum Gasteiger partial charge on any atom is -0.507 e. The number of aliphatic hydroxyl groups is 1. The van der Waals surface area contributed by atoms with Gasteiger partial charge in [0, 0.05) is 18.0 Å². The summed E-state index contributed by atoms with van der Waals surface area (Å²) in [5, 5.41) is 21.8. The molecule has 3 aliphatic carbocycles. The second-order valence-corrected chi connectivity index (χ2v) is 10.1. The van der Waals surface area contributed by atoms with Crippen molar-refractivity contribution in [1.29, 1.82) is 0 Å². The molecule has 0 saturated heterocycles. The molecule has 6 N–H and O–H groups in total. The Morgan fingerprint density at radius 3 is 2.33 bits per heavy atom. The number of nitrogens with two attached hydrogens (primary N) is 2. The van der Waals surface area contributed by atoms with Gasteiger partial charge in [0.2, 0.25) is 5.91 Å². The van der Waals surface area contributed by atoms with Crippen molar-refractivity contribution < 1.29 is 34.2 Å². The summed E-state index contributed by atoms with van der Waals surface area (Å²) in [4.78, 5) is 64.2. The number of primary amides is 1. The average molecular weight is 491 g/mol. The average Bonchev–Trinajstić information content (AvgIpc) is 2.81. The number of carbonyl (C=O) groups excluding carboxylic acids is 5. The third-order valence-electron chi connectivity index (χ3n) is 8.05. The number of phenolic OH excluding ortho intramolecular Hbond substituents is 1. The topological polar surface area (TPSA) is 178 Å². The third kappa shape index (κ3) is 3.45. The molecule has 0 heterocycles. The maximum absolute atomic E-state index is 13.6. The van der Waals surface area contributed by atoms with Crippen LogP contribution < -0.4 is 11.5 Å². The lowest BCUT2D eigenvalue weighted by Gasteiger charge is -2.48.